The van der Waals surface area contributed by atoms with Crippen LogP contribution in [0.1, 0.15) is 38.7 Å². The lowest BCUT2D eigenvalue weighted by Crippen LogP contribution is -2.31. The van der Waals surface area contributed by atoms with E-state index in [0.29, 0.717) is 12.5 Å². The minimum atomic E-state index is -3.60. The van der Waals surface area contributed by atoms with Crippen LogP contribution >= 0.6 is 0 Å². The molecule has 1 aliphatic heterocycles. The van der Waals surface area contributed by atoms with Gasteiger partial charge < -0.3 is 14.7 Å². The third kappa shape index (κ3) is 6.39. The molecule has 0 saturated carbocycles. The summed E-state index contributed by atoms with van der Waals surface area (Å²) in [5.41, 5.74) is 3.38. The number of ether oxygens (including phenoxy) is 1. The van der Waals surface area contributed by atoms with Gasteiger partial charge in [-0.05, 0) is 68.0 Å². The molecule has 0 spiro atoms. The molecular weight excluding hydrogens is 424 g/mol. The average molecular weight is 461 g/mol. The Morgan fingerprint density at radius 2 is 1.75 bits per heavy atom. The first-order valence-electron chi connectivity index (χ1n) is 11.5. The molecule has 0 amide bonds. The Morgan fingerprint density at radius 1 is 1.12 bits per heavy atom. The van der Waals surface area contributed by atoms with Crippen molar-refractivity contribution in [3.8, 4) is 11.1 Å². The minimum Gasteiger partial charge on any atom is -0.368 e. The van der Waals surface area contributed by atoms with Gasteiger partial charge in [-0.2, -0.15) is 4.31 Å². The van der Waals surface area contributed by atoms with Crippen LogP contribution in [0.4, 0.5) is 0 Å². The molecule has 2 aromatic rings. The van der Waals surface area contributed by atoms with Crippen molar-refractivity contribution in [1.29, 1.82) is 0 Å². The topological polar surface area (TPSA) is 70.1 Å². The van der Waals surface area contributed by atoms with Crippen LogP contribution in [0.3, 0.4) is 0 Å². The Morgan fingerprint density at radius 3 is 2.31 bits per heavy atom. The molecule has 3 rings (SSSR count). The highest BCUT2D eigenvalue weighted by molar-refractivity contribution is 7.89. The van der Waals surface area contributed by atoms with Crippen LogP contribution in [0.2, 0.25) is 0 Å². The van der Waals surface area contributed by atoms with Crippen LogP contribution in [-0.4, -0.2) is 68.4 Å². The van der Waals surface area contributed by atoms with Gasteiger partial charge in [0, 0.05) is 26.2 Å². The number of nitrogens with zero attached hydrogens (tertiary/aromatic N) is 2. The summed E-state index contributed by atoms with van der Waals surface area (Å²) < 4.78 is 32.0. The molecule has 0 aromatic heterocycles. The van der Waals surface area contributed by atoms with Crippen LogP contribution in [0.5, 0.6) is 0 Å². The van der Waals surface area contributed by atoms with Gasteiger partial charge in [-0.1, -0.05) is 43.3 Å². The lowest BCUT2D eigenvalue weighted by Gasteiger charge is -2.20. The van der Waals surface area contributed by atoms with Gasteiger partial charge in [-0.25, -0.2) is 8.42 Å². The molecule has 0 radical (unpaired) electrons. The monoisotopic (exact) mass is 460 g/mol. The predicted molar refractivity (Wildman–Crippen MR) is 128 cm³/mol. The molecule has 1 fully saturated rings. The molecule has 1 N–H and O–H groups in total. The van der Waals surface area contributed by atoms with E-state index in [1.54, 1.807) is 19.1 Å². The fraction of sp³-hybridized carbons (Fsp3) is 0.520. The molecule has 176 valence electrons. The van der Waals surface area contributed by atoms with Crippen LogP contribution < -0.4 is 0 Å². The Hall–Kier alpha value is -1.77. The van der Waals surface area contributed by atoms with Gasteiger partial charge in [0.1, 0.15) is 0 Å². The molecule has 2 atom stereocenters. The summed E-state index contributed by atoms with van der Waals surface area (Å²) in [6, 6.07) is 16.2. The Balaban J connectivity index is 1.58. The first-order chi connectivity index (χ1) is 15.3. The Labute approximate surface area is 192 Å². The van der Waals surface area contributed by atoms with Crippen LogP contribution in [0.25, 0.3) is 11.1 Å². The number of likely N-dealkylation sites (tertiary alicyclic amines) is 1. The second kappa shape index (κ2) is 11.4. The highest BCUT2D eigenvalue weighted by Crippen LogP contribution is 2.24. The Bertz CT molecular complexity index is 945. The summed E-state index contributed by atoms with van der Waals surface area (Å²) in [4.78, 5) is 2.80. The van der Waals surface area contributed by atoms with Crippen LogP contribution in [0.15, 0.2) is 53.4 Å². The maximum Gasteiger partial charge on any atom is 0.242 e. The van der Waals surface area contributed by atoms with E-state index in [0.717, 1.165) is 24.1 Å². The largest absolute Gasteiger partial charge is 0.368 e. The van der Waals surface area contributed by atoms with Gasteiger partial charge in [0.25, 0.3) is 0 Å². The average Bonchev–Trinajstić information content (AvgIpc) is 3.22. The summed E-state index contributed by atoms with van der Waals surface area (Å²) in [6.45, 7) is 6.74. The first-order valence-corrected chi connectivity index (χ1v) is 12.9. The molecule has 1 aliphatic rings. The minimum absolute atomic E-state index is 0.145. The van der Waals surface area contributed by atoms with Crippen molar-refractivity contribution in [1.82, 2.24) is 9.21 Å². The number of aliphatic hydroxyl groups is 1. The Kier molecular flexibility index (Phi) is 8.85. The van der Waals surface area contributed by atoms with Gasteiger partial charge in [-0.15, -0.1) is 0 Å². The third-order valence-corrected chi connectivity index (χ3v) is 8.16. The molecule has 32 heavy (non-hydrogen) atoms. The van der Waals surface area contributed by atoms with E-state index < -0.39 is 16.3 Å². The number of rotatable bonds is 11. The van der Waals surface area contributed by atoms with Crippen molar-refractivity contribution in [2.75, 3.05) is 33.3 Å². The van der Waals surface area contributed by atoms with E-state index in [1.165, 1.54) is 36.3 Å². The van der Waals surface area contributed by atoms with E-state index in [-0.39, 0.29) is 18.0 Å². The smallest absolute Gasteiger partial charge is 0.242 e. The van der Waals surface area contributed by atoms with Gasteiger partial charge in [-0.3, -0.25) is 0 Å². The zero-order valence-electron chi connectivity index (χ0n) is 19.4. The molecule has 2 aromatic carbocycles. The molecule has 0 bridgehead atoms. The van der Waals surface area contributed by atoms with Crippen molar-refractivity contribution in [2.24, 2.45) is 0 Å². The number of aliphatic hydroxyl groups excluding tert-OH is 1. The zero-order chi connectivity index (χ0) is 23.1. The third-order valence-electron chi connectivity index (χ3n) is 6.29. The summed E-state index contributed by atoms with van der Waals surface area (Å²) >= 11 is 0. The summed E-state index contributed by atoms with van der Waals surface area (Å²) in [6.07, 6.45) is 3.26. The number of likely N-dealkylation sites (N-methyl/N-ethyl adjacent to an activating group) is 1. The maximum absolute atomic E-state index is 12.8. The van der Waals surface area contributed by atoms with E-state index >= 15 is 0 Å². The highest BCUT2D eigenvalue weighted by atomic mass is 32.2. The first kappa shape index (κ1) is 24.9. The lowest BCUT2D eigenvalue weighted by molar-refractivity contribution is -0.101. The van der Waals surface area contributed by atoms with Crippen molar-refractivity contribution in [2.45, 2.75) is 56.8 Å². The normalized spacial score (nSPS) is 18.3. The molecule has 6 nitrogen and oxygen atoms in total. The zero-order valence-corrected chi connectivity index (χ0v) is 20.2. The molecular formula is C25H36N2O4S. The molecule has 1 saturated heterocycles. The lowest BCUT2D eigenvalue weighted by atomic mass is 10.0. The second-order valence-corrected chi connectivity index (χ2v) is 10.6. The van der Waals surface area contributed by atoms with Gasteiger partial charge >= 0.3 is 0 Å². The molecule has 1 heterocycles. The second-order valence-electron chi connectivity index (χ2n) is 8.56. The van der Waals surface area contributed by atoms with Crippen molar-refractivity contribution < 1.29 is 18.3 Å². The number of sulfonamides is 1. The van der Waals surface area contributed by atoms with E-state index in [4.69, 9.17) is 4.74 Å². The number of hydrogen-bond donors (Lipinski definition) is 1. The number of hydrogen-bond acceptors (Lipinski definition) is 5. The SMILES string of the molecule is CCC(O)OCCN(C)S(=O)(=O)c1ccc(-c2ccc(CCN3CCC[C@H]3C)cc2)cc1. The van der Waals surface area contributed by atoms with Crippen LogP contribution in [0, 0.1) is 0 Å². The van der Waals surface area contributed by atoms with E-state index in [1.807, 2.05) is 12.1 Å². The summed E-state index contributed by atoms with van der Waals surface area (Å²) in [7, 11) is -2.08. The summed E-state index contributed by atoms with van der Waals surface area (Å²) in [5.74, 6) is 0. The predicted octanol–water partition coefficient (Wildman–Crippen LogP) is 3.75. The van der Waals surface area contributed by atoms with Crippen molar-refractivity contribution in [3.05, 3.63) is 54.1 Å². The fourth-order valence-electron chi connectivity index (χ4n) is 4.02. The van der Waals surface area contributed by atoms with E-state index in [2.05, 4.69) is 36.1 Å². The summed E-state index contributed by atoms with van der Waals surface area (Å²) in [5, 5.41) is 9.44. The maximum atomic E-state index is 12.8. The van der Waals surface area contributed by atoms with E-state index in [9.17, 15) is 13.5 Å². The molecule has 0 aliphatic carbocycles. The van der Waals surface area contributed by atoms with Gasteiger partial charge in [0.05, 0.1) is 11.5 Å². The van der Waals surface area contributed by atoms with Crippen LogP contribution in [-0.2, 0) is 21.2 Å². The van der Waals surface area contributed by atoms with Gasteiger partial charge in [0.15, 0.2) is 6.29 Å². The standard InChI is InChI=1S/C25H36N2O4S/c1-4-25(28)31-19-18-26(3)32(29,30)24-13-11-23(12-14-24)22-9-7-21(8-10-22)15-17-27-16-5-6-20(27)2/h7-14,20,25,28H,4-6,15-19H2,1-3H3/t20-,25?/m1/s1. The highest BCUT2D eigenvalue weighted by Gasteiger charge is 2.21. The van der Waals surface area contributed by atoms with Gasteiger partial charge in [0.2, 0.25) is 10.0 Å². The number of benzene rings is 2. The quantitative estimate of drug-likeness (QED) is 0.517. The van der Waals surface area contributed by atoms with Crippen molar-refractivity contribution >= 4 is 10.0 Å². The fourth-order valence-corrected chi connectivity index (χ4v) is 5.17. The molecule has 7 heteroatoms. The molecule has 1 unspecified atom stereocenters. The van der Waals surface area contributed by atoms with Crippen molar-refractivity contribution in [3.63, 3.8) is 0 Å².